The largest absolute Gasteiger partial charge is 0.500 e. The Balaban J connectivity index is 3.03. The van der Waals surface area contributed by atoms with Gasteiger partial charge >= 0.3 is 14.9 Å². The number of amides is 1. The van der Waals surface area contributed by atoms with E-state index in [0.29, 0.717) is 64.9 Å². The Morgan fingerprint density at radius 1 is 1.00 bits per heavy atom. The zero-order chi connectivity index (χ0) is 30.2. The van der Waals surface area contributed by atoms with Crippen molar-refractivity contribution >= 4 is 21.0 Å². The van der Waals surface area contributed by atoms with Crippen LogP contribution in [0.1, 0.15) is 53.4 Å². The number of methoxy groups -OCH3 is 2. The first-order valence-corrected chi connectivity index (χ1v) is 15.9. The summed E-state index contributed by atoms with van der Waals surface area (Å²) in [7, 11) is 5.30. The molecule has 0 saturated heterocycles. The lowest BCUT2D eigenvalue weighted by atomic mass is 9.62. The third kappa shape index (κ3) is 12.6. The van der Waals surface area contributed by atoms with Gasteiger partial charge in [0.15, 0.2) is 0 Å². The number of hydrogen-bond donors (Lipinski definition) is 0. The zero-order valence-corrected chi connectivity index (χ0v) is 27.2. The summed E-state index contributed by atoms with van der Waals surface area (Å²) in [5, 5.41) is 1.56. The van der Waals surface area contributed by atoms with Crippen LogP contribution >= 0.6 is 0 Å². The second-order valence-electron chi connectivity index (χ2n) is 11.7. The predicted molar refractivity (Wildman–Crippen MR) is 153 cm³/mol. The van der Waals surface area contributed by atoms with Gasteiger partial charge in [-0.1, -0.05) is 20.8 Å². The summed E-state index contributed by atoms with van der Waals surface area (Å²) >= 11 is 0. The number of nitrogens with zero attached hydrogens (tertiary/aromatic N) is 3. The molecule has 12 nitrogen and oxygen atoms in total. The van der Waals surface area contributed by atoms with E-state index in [2.05, 4.69) is 25.8 Å². The maximum atomic E-state index is 13.6. The summed E-state index contributed by atoms with van der Waals surface area (Å²) in [6.45, 7) is 11.3. The Hall–Kier alpha value is -1.41. The summed E-state index contributed by atoms with van der Waals surface area (Å²) in [6.07, 6.45) is 4.32. The fourth-order valence-electron chi connectivity index (χ4n) is 5.72. The summed E-state index contributed by atoms with van der Waals surface area (Å²) in [5.74, 6) is 0. The molecule has 13 heteroatoms. The average molecular weight is 592 g/mol. The van der Waals surface area contributed by atoms with Crippen LogP contribution in [0, 0.1) is 10.8 Å². The monoisotopic (exact) mass is 591 g/mol. The standard InChI is InChI=1S/C27H53N3O9Si/c1-23(19-38-13-10-16-40(35-7,36-8)37-9)30(25(32)39-29(11-14-33-5)12-15-34-6)21-27(4)18-24(28-22-31)17-26(2,3)20-27/h23-24H,10-21H2,1-9H3. The summed E-state index contributed by atoms with van der Waals surface area (Å²) in [5.41, 5.74) is -0.332. The van der Waals surface area contributed by atoms with Crippen molar-refractivity contribution in [2.75, 3.05) is 81.6 Å². The van der Waals surface area contributed by atoms with E-state index < -0.39 is 14.9 Å². The highest BCUT2D eigenvalue weighted by Gasteiger charge is 2.44. The Labute approximate surface area is 241 Å². The molecule has 1 fully saturated rings. The van der Waals surface area contributed by atoms with Gasteiger partial charge in [-0.25, -0.2) is 14.6 Å². The van der Waals surface area contributed by atoms with Crippen molar-refractivity contribution in [1.82, 2.24) is 9.96 Å². The molecule has 0 bridgehead atoms. The highest BCUT2D eigenvalue weighted by atomic mass is 28.4. The molecule has 1 rings (SSSR count). The van der Waals surface area contributed by atoms with Gasteiger partial charge in [0, 0.05) is 54.7 Å². The molecule has 0 heterocycles. The topological polar surface area (TPSA) is 118 Å². The van der Waals surface area contributed by atoms with Gasteiger partial charge in [0.05, 0.1) is 45.0 Å². The van der Waals surface area contributed by atoms with Crippen LogP contribution in [-0.4, -0.2) is 125 Å². The van der Waals surface area contributed by atoms with E-state index in [1.54, 1.807) is 51.6 Å². The van der Waals surface area contributed by atoms with Crippen LogP contribution in [-0.2, 0) is 37.1 Å². The van der Waals surface area contributed by atoms with Crippen LogP contribution in [0.15, 0.2) is 4.99 Å². The van der Waals surface area contributed by atoms with E-state index in [9.17, 15) is 9.59 Å². The van der Waals surface area contributed by atoms with Gasteiger partial charge in [0.25, 0.3) is 0 Å². The number of ether oxygens (including phenoxy) is 3. The van der Waals surface area contributed by atoms with Gasteiger partial charge in [0.2, 0.25) is 6.08 Å². The second kappa shape index (κ2) is 18.2. The van der Waals surface area contributed by atoms with E-state index in [1.807, 2.05) is 6.92 Å². The lowest BCUT2D eigenvalue weighted by molar-refractivity contribution is -0.134. The number of hydrogen-bond acceptors (Lipinski definition) is 11. The molecule has 1 aliphatic carbocycles. The third-order valence-electron chi connectivity index (χ3n) is 7.34. The molecule has 0 radical (unpaired) electrons. The molecular weight excluding hydrogens is 538 g/mol. The molecule has 3 atom stereocenters. The first kappa shape index (κ1) is 36.6. The molecule has 1 amide bonds. The maximum Gasteiger partial charge on any atom is 0.500 e. The molecule has 234 valence electrons. The molecule has 1 aliphatic rings. The molecule has 40 heavy (non-hydrogen) atoms. The normalized spacial score (nSPS) is 21.6. The minimum Gasteiger partial charge on any atom is -0.383 e. The fourth-order valence-corrected chi connectivity index (χ4v) is 7.41. The predicted octanol–water partition coefficient (Wildman–Crippen LogP) is 3.53. The summed E-state index contributed by atoms with van der Waals surface area (Å²) < 4.78 is 32.8. The number of carbonyl (C=O) groups is 1. The van der Waals surface area contributed by atoms with E-state index in [-0.39, 0.29) is 22.9 Å². The summed E-state index contributed by atoms with van der Waals surface area (Å²) in [4.78, 5) is 36.4. The molecule has 3 unspecified atom stereocenters. The van der Waals surface area contributed by atoms with E-state index in [1.165, 1.54) is 0 Å². The lowest BCUT2D eigenvalue weighted by Gasteiger charge is -2.47. The lowest BCUT2D eigenvalue weighted by Crippen LogP contribution is -2.52. The molecule has 0 aromatic heterocycles. The van der Waals surface area contributed by atoms with E-state index >= 15 is 0 Å². The smallest absolute Gasteiger partial charge is 0.383 e. The van der Waals surface area contributed by atoms with Crippen molar-refractivity contribution in [2.45, 2.75) is 71.5 Å². The van der Waals surface area contributed by atoms with Crippen LogP contribution in [0.4, 0.5) is 4.79 Å². The van der Waals surface area contributed by atoms with Crippen LogP contribution in [0.5, 0.6) is 0 Å². The third-order valence-corrected chi connectivity index (χ3v) is 10.2. The molecule has 0 spiro atoms. The highest BCUT2D eigenvalue weighted by Crippen LogP contribution is 2.47. The van der Waals surface area contributed by atoms with Crippen LogP contribution in [0.3, 0.4) is 0 Å². The van der Waals surface area contributed by atoms with E-state index in [4.69, 9.17) is 32.3 Å². The SMILES string of the molecule is COCCN(CCOC)OC(=O)N(CC1(C)CC(N=C=O)CC(C)(C)C1)C(C)COCCC[Si](OC)(OC)OC. The minimum absolute atomic E-state index is 0.0449. The van der Waals surface area contributed by atoms with Gasteiger partial charge in [-0.15, -0.1) is 5.06 Å². The number of isocyanates is 1. The molecule has 0 N–H and O–H groups in total. The van der Waals surface area contributed by atoms with Crippen molar-refractivity contribution in [3.8, 4) is 0 Å². The molecule has 0 aliphatic heterocycles. The van der Waals surface area contributed by atoms with Crippen LogP contribution in [0.25, 0.3) is 0 Å². The van der Waals surface area contributed by atoms with Gasteiger partial charge < -0.3 is 37.2 Å². The van der Waals surface area contributed by atoms with Crippen molar-refractivity contribution in [3.05, 3.63) is 0 Å². The quantitative estimate of drug-likeness (QED) is 0.0684. The number of aliphatic imine (C=N–C) groups is 1. The average Bonchev–Trinajstić information content (AvgIpc) is 2.90. The Morgan fingerprint density at radius 3 is 2.12 bits per heavy atom. The first-order chi connectivity index (χ1) is 18.9. The molecule has 0 aromatic rings. The molecule has 1 saturated carbocycles. The maximum absolute atomic E-state index is 13.6. The Morgan fingerprint density at radius 2 is 1.60 bits per heavy atom. The van der Waals surface area contributed by atoms with Crippen molar-refractivity contribution in [2.24, 2.45) is 15.8 Å². The Kier molecular flexibility index (Phi) is 16.7. The number of hydroxylamine groups is 2. The number of rotatable bonds is 20. The molecular formula is C27H53N3O9Si. The van der Waals surface area contributed by atoms with Crippen LogP contribution < -0.4 is 0 Å². The van der Waals surface area contributed by atoms with Crippen molar-refractivity contribution in [3.63, 3.8) is 0 Å². The van der Waals surface area contributed by atoms with Gasteiger partial charge in [-0.05, 0) is 43.4 Å². The van der Waals surface area contributed by atoms with Gasteiger partial charge in [-0.3, -0.25) is 0 Å². The fraction of sp³-hybridized carbons (Fsp3) is 0.926. The van der Waals surface area contributed by atoms with Crippen molar-refractivity contribution in [1.29, 1.82) is 0 Å². The highest BCUT2D eigenvalue weighted by molar-refractivity contribution is 6.60. The van der Waals surface area contributed by atoms with Gasteiger partial charge in [-0.2, -0.15) is 0 Å². The summed E-state index contributed by atoms with van der Waals surface area (Å²) in [6, 6.07) is 0.210. The second-order valence-corrected chi connectivity index (χ2v) is 14.7. The van der Waals surface area contributed by atoms with Crippen molar-refractivity contribution < 1.29 is 41.9 Å². The number of carbonyl (C=O) groups excluding carboxylic acids is 2. The zero-order valence-electron chi connectivity index (χ0n) is 26.2. The first-order valence-electron chi connectivity index (χ1n) is 13.9. The van der Waals surface area contributed by atoms with Crippen LogP contribution in [0.2, 0.25) is 6.04 Å². The van der Waals surface area contributed by atoms with E-state index in [0.717, 1.165) is 12.8 Å². The minimum atomic E-state index is -2.67. The molecule has 0 aromatic carbocycles. The van der Waals surface area contributed by atoms with Gasteiger partial charge in [0.1, 0.15) is 0 Å². The Bertz CT molecular complexity index is 764.